The Balaban J connectivity index is 2.02. The van der Waals surface area contributed by atoms with E-state index in [1.54, 1.807) is 0 Å². The molecule has 0 saturated carbocycles. The predicted octanol–water partition coefficient (Wildman–Crippen LogP) is 2.61. The normalized spacial score (nSPS) is 17.8. The molecule has 6 heteroatoms. The third kappa shape index (κ3) is 2.80. The van der Waals surface area contributed by atoms with Gasteiger partial charge in [-0.05, 0) is 23.8 Å². The van der Waals surface area contributed by atoms with Gasteiger partial charge in [0, 0.05) is 4.47 Å². The average Bonchev–Trinajstić information content (AvgIpc) is 2.20. The second kappa shape index (κ2) is 4.33. The van der Waals surface area contributed by atoms with Crippen LogP contribution in [0.4, 0.5) is 13.2 Å². The monoisotopic (exact) mass is 307 g/mol. The maximum Gasteiger partial charge on any atom is 0.282 e. The van der Waals surface area contributed by atoms with Crippen LogP contribution >= 0.6 is 15.9 Å². The highest BCUT2D eigenvalue weighted by Crippen LogP contribution is 2.27. The van der Waals surface area contributed by atoms with Gasteiger partial charge in [-0.15, -0.1) is 0 Å². The quantitative estimate of drug-likeness (QED) is 0.822. The number of alkyl halides is 2. The van der Waals surface area contributed by atoms with Gasteiger partial charge in [0.25, 0.3) is 5.92 Å². The van der Waals surface area contributed by atoms with E-state index >= 15 is 0 Å². The number of amides is 1. The number of halogens is 4. The zero-order chi connectivity index (χ0) is 12.6. The maximum absolute atomic E-state index is 13.3. The molecule has 0 atom stereocenters. The van der Waals surface area contributed by atoms with E-state index in [0.29, 0.717) is 4.47 Å². The molecule has 1 aromatic rings. The Hall–Kier alpha value is -1.04. The number of nitrogens with zero attached hydrogens (tertiary/aromatic N) is 1. The fraction of sp³-hybridized carbons (Fsp3) is 0.364. The van der Waals surface area contributed by atoms with Crippen molar-refractivity contribution in [2.75, 3.05) is 13.1 Å². The van der Waals surface area contributed by atoms with Crippen molar-refractivity contribution in [1.82, 2.24) is 4.90 Å². The highest BCUT2D eigenvalue weighted by Gasteiger charge is 2.46. The van der Waals surface area contributed by atoms with Crippen molar-refractivity contribution in [1.29, 1.82) is 0 Å². The van der Waals surface area contributed by atoms with E-state index in [1.807, 2.05) is 0 Å². The van der Waals surface area contributed by atoms with Gasteiger partial charge in [0.2, 0.25) is 5.91 Å². The standard InChI is InChI=1S/C11H9BrF3NO/c12-8-1-2-9(13)7(3-8)4-10(17)16-5-11(14,15)6-16/h1-3H,4-6H2. The van der Waals surface area contributed by atoms with Crippen LogP contribution in [-0.2, 0) is 11.2 Å². The largest absolute Gasteiger partial charge is 0.330 e. The SMILES string of the molecule is O=C(Cc1cc(Br)ccc1F)N1CC(F)(F)C1. The van der Waals surface area contributed by atoms with Crippen molar-refractivity contribution in [3.63, 3.8) is 0 Å². The molecule has 1 amide bonds. The zero-order valence-electron chi connectivity index (χ0n) is 8.72. The fourth-order valence-corrected chi connectivity index (χ4v) is 2.05. The van der Waals surface area contributed by atoms with Gasteiger partial charge in [-0.25, -0.2) is 13.2 Å². The molecule has 0 radical (unpaired) electrons. The van der Waals surface area contributed by atoms with E-state index in [1.165, 1.54) is 18.2 Å². The van der Waals surface area contributed by atoms with Crippen LogP contribution in [0, 0.1) is 5.82 Å². The minimum Gasteiger partial charge on any atom is -0.330 e. The number of carbonyl (C=O) groups excluding carboxylic acids is 1. The minimum atomic E-state index is -2.79. The van der Waals surface area contributed by atoms with Gasteiger partial charge in [-0.3, -0.25) is 4.79 Å². The first-order valence-corrected chi connectivity index (χ1v) is 5.76. The summed E-state index contributed by atoms with van der Waals surface area (Å²) < 4.78 is 39.1. The van der Waals surface area contributed by atoms with E-state index in [4.69, 9.17) is 0 Å². The molecule has 0 aliphatic carbocycles. The van der Waals surface area contributed by atoms with Crippen LogP contribution in [0.5, 0.6) is 0 Å². The lowest BCUT2D eigenvalue weighted by atomic mass is 10.1. The van der Waals surface area contributed by atoms with E-state index in [0.717, 1.165) is 4.90 Å². The molecule has 17 heavy (non-hydrogen) atoms. The molecule has 1 aliphatic heterocycles. The summed E-state index contributed by atoms with van der Waals surface area (Å²) in [6, 6.07) is 4.23. The van der Waals surface area contributed by atoms with Crippen LogP contribution in [0.15, 0.2) is 22.7 Å². The number of likely N-dealkylation sites (tertiary alicyclic amines) is 1. The molecule has 0 spiro atoms. The molecule has 0 unspecified atom stereocenters. The van der Waals surface area contributed by atoms with Gasteiger partial charge in [0.05, 0.1) is 19.5 Å². The molecule has 0 aromatic heterocycles. The van der Waals surface area contributed by atoms with Crippen LogP contribution in [0.1, 0.15) is 5.56 Å². The highest BCUT2D eigenvalue weighted by molar-refractivity contribution is 9.10. The van der Waals surface area contributed by atoms with Crippen molar-refractivity contribution < 1.29 is 18.0 Å². The topological polar surface area (TPSA) is 20.3 Å². The summed E-state index contributed by atoms with van der Waals surface area (Å²) in [6.45, 7) is -1.14. The molecule has 1 aliphatic rings. The zero-order valence-corrected chi connectivity index (χ0v) is 10.3. The number of carbonyl (C=O) groups is 1. The lowest BCUT2D eigenvalue weighted by Gasteiger charge is -2.38. The van der Waals surface area contributed by atoms with Gasteiger partial charge >= 0.3 is 0 Å². The minimum absolute atomic E-state index is 0.193. The number of rotatable bonds is 2. The summed E-state index contributed by atoms with van der Waals surface area (Å²) in [6.07, 6.45) is -0.193. The van der Waals surface area contributed by atoms with Crippen molar-refractivity contribution in [2.45, 2.75) is 12.3 Å². The van der Waals surface area contributed by atoms with E-state index in [-0.39, 0.29) is 12.0 Å². The van der Waals surface area contributed by atoms with Gasteiger partial charge in [-0.1, -0.05) is 15.9 Å². The van der Waals surface area contributed by atoms with Crippen molar-refractivity contribution in [3.8, 4) is 0 Å². The number of hydrogen-bond donors (Lipinski definition) is 0. The molecule has 0 N–H and O–H groups in total. The molecule has 2 nitrogen and oxygen atoms in total. The van der Waals surface area contributed by atoms with Gasteiger partial charge in [0.15, 0.2) is 0 Å². The second-order valence-electron chi connectivity index (χ2n) is 4.02. The van der Waals surface area contributed by atoms with E-state index in [9.17, 15) is 18.0 Å². The van der Waals surface area contributed by atoms with Crippen LogP contribution < -0.4 is 0 Å². The Morgan fingerprint density at radius 3 is 2.65 bits per heavy atom. The van der Waals surface area contributed by atoms with Gasteiger partial charge in [-0.2, -0.15) is 0 Å². The molecule has 1 heterocycles. The Morgan fingerprint density at radius 1 is 1.41 bits per heavy atom. The first kappa shape index (κ1) is 12.4. The fourth-order valence-electron chi connectivity index (χ4n) is 1.64. The molecule has 1 saturated heterocycles. The molecule has 1 fully saturated rings. The van der Waals surface area contributed by atoms with Crippen molar-refractivity contribution in [3.05, 3.63) is 34.1 Å². The summed E-state index contributed by atoms with van der Waals surface area (Å²) in [5.41, 5.74) is 0.208. The first-order chi connectivity index (χ1) is 7.87. The Bertz CT molecular complexity index is 456. The molecular weight excluding hydrogens is 299 g/mol. The molecule has 2 rings (SSSR count). The third-order valence-electron chi connectivity index (χ3n) is 2.55. The molecule has 1 aromatic carbocycles. The summed E-state index contributed by atoms with van der Waals surface area (Å²) >= 11 is 3.16. The van der Waals surface area contributed by atoms with Gasteiger partial charge < -0.3 is 4.90 Å². The number of benzene rings is 1. The molecular formula is C11H9BrF3NO. The van der Waals surface area contributed by atoms with Crippen LogP contribution in [0.2, 0.25) is 0 Å². The summed E-state index contributed by atoms with van der Waals surface area (Å²) in [5.74, 6) is -3.77. The van der Waals surface area contributed by atoms with Crippen LogP contribution in [0.25, 0.3) is 0 Å². The molecule has 0 bridgehead atoms. The van der Waals surface area contributed by atoms with Gasteiger partial charge in [0.1, 0.15) is 5.82 Å². The third-order valence-corrected chi connectivity index (χ3v) is 3.04. The molecule has 92 valence electrons. The lowest BCUT2D eigenvalue weighted by molar-refractivity contribution is -0.165. The first-order valence-electron chi connectivity index (χ1n) is 4.97. The van der Waals surface area contributed by atoms with Crippen LogP contribution in [-0.4, -0.2) is 29.8 Å². The van der Waals surface area contributed by atoms with Crippen LogP contribution in [0.3, 0.4) is 0 Å². The summed E-state index contributed by atoms with van der Waals surface area (Å²) in [7, 11) is 0. The Kier molecular flexibility index (Phi) is 3.16. The lowest BCUT2D eigenvalue weighted by Crippen LogP contribution is -2.58. The Morgan fingerprint density at radius 2 is 2.06 bits per heavy atom. The van der Waals surface area contributed by atoms with E-state index in [2.05, 4.69) is 15.9 Å². The Labute approximate surface area is 105 Å². The van der Waals surface area contributed by atoms with Crippen molar-refractivity contribution >= 4 is 21.8 Å². The summed E-state index contributed by atoms with van der Waals surface area (Å²) in [5, 5.41) is 0. The average molecular weight is 308 g/mol. The smallest absolute Gasteiger partial charge is 0.282 e. The van der Waals surface area contributed by atoms with Crippen molar-refractivity contribution in [2.24, 2.45) is 0 Å². The highest BCUT2D eigenvalue weighted by atomic mass is 79.9. The van der Waals surface area contributed by atoms with E-state index < -0.39 is 30.7 Å². The predicted molar refractivity (Wildman–Crippen MR) is 59.3 cm³/mol. The maximum atomic E-state index is 13.3. The summed E-state index contributed by atoms with van der Waals surface area (Å²) in [4.78, 5) is 12.6. The number of hydrogen-bond acceptors (Lipinski definition) is 1. The second-order valence-corrected chi connectivity index (χ2v) is 4.93.